The summed E-state index contributed by atoms with van der Waals surface area (Å²) in [5.74, 6) is 0.525. The third kappa shape index (κ3) is 3.48. The molecule has 0 saturated carbocycles. The summed E-state index contributed by atoms with van der Waals surface area (Å²) in [6.07, 6.45) is 0. The van der Waals surface area contributed by atoms with E-state index in [-0.39, 0.29) is 5.69 Å². The molecule has 6 nitrogen and oxygen atoms in total. The van der Waals surface area contributed by atoms with E-state index >= 15 is 0 Å². The van der Waals surface area contributed by atoms with Crippen molar-refractivity contribution in [3.05, 3.63) is 63.7 Å². The van der Waals surface area contributed by atoms with Crippen molar-refractivity contribution >= 4 is 11.4 Å². The number of anilines is 1. The second-order valence-corrected chi connectivity index (χ2v) is 4.31. The minimum Gasteiger partial charge on any atom is -0.495 e. The number of methoxy groups -OCH3 is 1. The Hall–Kier alpha value is -3.07. The topological polar surface area (TPSA) is 88.2 Å². The number of nitro benzene ring substituents is 1. The molecule has 2 aromatic carbocycles. The number of nitriles is 1. The third-order valence-corrected chi connectivity index (χ3v) is 2.93. The Morgan fingerprint density at radius 2 is 2.14 bits per heavy atom. The fraction of sp³-hybridized carbons (Fsp3) is 0.133. The number of ether oxygens (including phenoxy) is 1. The molecule has 0 aliphatic rings. The predicted octanol–water partition coefficient (Wildman–Crippen LogP) is 3.09. The third-order valence-electron chi connectivity index (χ3n) is 2.93. The van der Waals surface area contributed by atoms with Crippen LogP contribution in [0.25, 0.3) is 0 Å². The molecule has 0 aliphatic heterocycles. The second kappa shape index (κ2) is 6.39. The maximum atomic E-state index is 10.8. The first-order valence-electron chi connectivity index (χ1n) is 6.19. The SMILES string of the molecule is COc1ccc([N+](=O)[O-])cc1NCc1cccc(C#N)c1. The van der Waals surface area contributed by atoms with Gasteiger partial charge in [-0.25, -0.2) is 0 Å². The molecule has 0 amide bonds. The Morgan fingerprint density at radius 3 is 2.81 bits per heavy atom. The van der Waals surface area contributed by atoms with Crippen LogP contribution in [0, 0.1) is 21.4 Å². The number of benzene rings is 2. The van der Waals surface area contributed by atoms with Gasteiger partial charge in [0.2, 0.25) is 0 Å². The van der Waals surface area contributed by atoms with Gasteiger partial charge < -0.3 is 10.1 Å². The van der Waals surface area contributed by atoms with E-state index in [4.69, 9.17) is 10.00 Å². The van der Waals surface area contributed by atoms with Crippen LogP contribution in [-0.4, -0.2) is 12.0 Å². The average Bonchev–Trinajstić information content (AvgIpc) is 2.52. The van der Waals surface area contributed by atoms with E-state index in [9.17, 15) is 10.1 Å². The summed E-state index contributed by atoms with van der Waals surface area (Å²) in [6, 6.07) is 13.6. The molecule has 6 heteroatoms. The van der Waals surface area contributed by atoms with Gasteiger partial charge >= 0.3 is 0 Å². The van der Waals surface area contributed by atoms with Gasteiger partial charge in [0.05, 0.1) is 29.4 Å². The zero-order valence-corrected chi connectivity index (χ0v) is 11.4. The number of non-ortho nitro benzene ring substituents is 1. The van der Waals surface area contributed by atoms with Gasteiger partial charge in [-0.1, -0.05) is 12.1 Å². The van der Waals surface area contributed by atoms with Crippen molar-refractivity contribution in [2.45, 2.75) is 6.54 Å². The van der Waals surface area contributed by atoms with Gasteiger partial charge in [-0.3, -0.25) is 10.1 Å². The molecule has 21 heavy (non-hydrogen) atoms. The van der Waals surface area contributed by atoms with Gasteiger partial charge in [0, 0.05) is 18.7 Å². The van der Waals surface area contributed by atoms with Gasteiger partial charge in [-0.05, 0) is 23.8 Å². The summed E-state index contributed by atoms with van der Waals surface area (Å²) in [6.45, 7) is 0.438. The molecule has 0 unspecified atom stereocenters. The minimum atomic E-state index is -0.457. The highest BCUT2D eigenvalue weighted by Crippen LogP contribution is 2.29. The molecule has 0 heterocycles. The lowest BCUT2D eigenvalue weighted by Gasteiger charge is -2.11. The van der Waals surface area contributed by atoms with Crippen molar-refractivity contribution in [2.24, 2.45) is 0 Å². The average molecular weight is 283 g/mol. The number of nitrogens with one attached hydrogen (secondary N) is 1. The highest BCUT2D eigenvalue weighted by atomic mass is 16.6. The zero-order valence-electron chi connectivity index (χ0n) is 11.4. The van der Waals surface area contributed by atoms with E-state index in [1.807, 2.05) is 6.07 Å². The van der Waals surface area contributed by atoms with Crippen LogP contribution in [0.1, 0.15) is 11.1 Å². The zero-order chi connectivity index (χ0) is 15.2. The Bertz CT molecular complexity index is 708. The molecule has 2 rings (SSSR count). The molecule has 0 fully saturated rings. The van der Waals surface area contributed by atoms with Crippen LogP contribution in [0.3, 0.4) is 0 Å². The molecule has 1 N–H and O–H groups in total. The first kappa shape index (κ1) is 14.3. The van der Waals surface area contributed by atoms with Crippen LogP contribution in [0.4, 0.5) is 11.4 Å². The Kier molecular flexibility index (Phi) is 4.36. The van der Waals surface area contributed by atoms with Gasteiger partial charge in [0.1, 0.15) is 5.75 Å². The van der Waals surface area contributed by atoms with Crippen molar-refractivity contribution in [1.82, 2.24) is 0 Å². The largest absolute Gasteiger partial charge is 0.495 e. The van der Waals surface area contributed by atoms with Crippen LogP contribution in [0.5, 0.6) is 5.75 Å². The smallest absolute Gasteiger partial charge is 0.271 e. The summed E-state index contributed by atoms with van der Waals surface area (Å²) < 4.78 is 5.18. The molecular formula is C15H13N3O3. The van der Waals surface area contributed by atoms with Crippen LogP contribution in [0.2, 0.25) is 0 Å². The molecule has 0 bridgehead atoms. The van der Waals surface area contributed by atoms with Crippen LogP contribution in [0.15, 0.2) is 42.5 Å². The Labute approximate surface area is 121 Å². The van der Waals surface area contributed by atoms with Crippen LogP contribution >= 0.6 is 0 Å². The molecule has 106 valence electrons. The summed E-state index contributed by atoms with van der Waals surface area (Å²) in [7, 11) is 1.50. The van der Waals surface area contributed by atoms with Gasteiger partial charge in [0.15, 0.2) is 0 Å². The van der Waals surface area contributed by atoms with Crippen molar-refractivity contribution < 1.29 is 9.66 Å². The predicted molar refractivity (Wildman–Crippen MR) is 78.1 cm³/mol. The van der Waals surface area contributed by atoms with Crippen molar-refractivity contribution in [1.29, 1.82) is 5.26 Å². The number of nitro groups is 1. The Morgan fingerprint density at radius 1 is 1.33 bits per heavy atom. The fourth-order valence-corrected chi connectivity index (χ4v) is 1.90. The molecule has 0 radical (unpaired) electrons. The first-order chi connectivity index (χ1) is 10.1. The molecule has 0 aliphatic carbocycles. The summed E-state index contributed by atoms with van der Waals surface area (Å²) in [4.78, 5) is 10.4. The maximum Gasteiger partial charge on any atom is 0.271 e. The summed E-state index contributed by atoms with van der Waals surface area (Å²) in [5, 5.41) is 22.8. The van der Waals surface area contributed by atoms with Gasteiger partial charge in [-0.15, -0.1) is 0 Å². The highest BCUT2D eigenvalue weighted by Gasteiger charge is 2.11. The number of nitrogens with zero attached hydrogens (tertiary/aromatic N) is 2. The standard InChI is InChI=1S/C15H13N3O3/c1-21-15-6-5-13(18(19)20)8-14(15)17-10-12-4-2-3-11(7-12)9-16/h2-8,17H,10H2,1H3. The van der Waals surface area contributed by atoms with Crippen molar-refractivity contribution in [2.75, 3.05) is 12.4 Å². The second-order valence-electron chi connectivity index (χ2n) is 4.31. The van der Waals surface area contributed by atoms with E-state index in [1.165, 1.54) is 19.2 Å². The van der Waals surface area contributed by atoms with Gasteiger partial charge in [0.25, 0.3) is 5.69 Å². The fourth-order valence-electron chi connectivity index (χ4n) is 1.90. The van der Waals surface area contributed by atoms with E-state index in [0.29, 0.717) is 23.5 Å². The Balaban J connectivity index is 2.20. The molecule has 0 saturated heterocycles. The van der Waals surface area contributed by atoms with Gasteiger partial charge in [-0.2, -0.15) is 5.26 Å². The van der Waals surface area contributed by atoms with Crippen molar-refractivity contribution in [3.8, 4) is 11.8 Å². The monoisotopic (exact) mass is 283 g/mol. The highest BCUT2D eigenvalue weighted by molar-refractivity contribution is 5.61. The minimum absolute atomic E-state index is 0.0101. The van der Waals surface area contributed by atoms with Crippen LogP contribution < -0.4 is 10.1 Å². The van der Waals surface area contributed by atoms with E-state index in [1.54, 1.807) is 24.3 Å². The normalized spacial score (nSPS) is 9.71. The molecule has 2 aromatic rings. The molecular weight excluding hydrogens is 270 g/mol. The lowest BCUT2D eigenvalue weighted by molar-refractivity contribution is -0.384. The molecule has 0 spiro atoms. The van der Waals surface area contributed by atoms with E-state index in [0.717, 1.165) is 5.56 Å². The molecule has 0 aromatic heterocycles. The lowest BCUT2D eigenvalue weighted by Crippen LogP contribution is -2.02. The molecule has 0 atom stereocenters. The van der Waals surface area contributed by atoms with E-state index < -0.39 is 4.92 Å². The van der Waals surface area contributed by atoms with Crippen molar-refractivity contribution in [3.63, 3.8) is 0 Å². The quantitative estimate of drug-likeness (QED) is 0.673. The first-order valence-corrected chi connectivity index (χ1v) is 6.19. The number of hydrogen-bond donors (Lipinski definition) is 1. The van der Waals surface area contributed by atoms with Crippen LogP contribution in [-0.2, 0) is 6.54 Å². The summed E-state index contributed by atoms with van der Waals surface area (Å²) in [5.41, 5.74) is 2.00. The maximum absolute atomic E-state index is 10.8. The number of rotatable bonds is 5. The summed E-state index contributed by atoms with van der Waals surface area (Å²) >= 11 is 0. The lowest BCUT2D eigenvalue weighted by atomic mass is 10.1. The number of hydrogen-bond acceptors (Lipinski definition) is 5. The van der Waals surface area contributed by atoms with E-state index in [2.05, 4.69) is 11.4 Å².